The molecule has 96 valence electrons. The van der Waals surface area contributed by atoms with E-state index in [1.807, 2.05) is 42.5 Å². The highest BCUT2D eigenvalue weighted by atomic mass is 79.9. The van der Waals surface area contributed by atoms with Gasteiger partial charge < -0.3 is 11.5 Å². The van der Waals surface area contributed by atoms with Crippen LogP contribution in [-0.2, 0) is 0 Å². The highest BCUT2D eigenvalue weighted by Gasteiger charge is 2.08. The number of benzene rings is 1. The Morgan fingerprint density at radius 3 is 2.32 bits per heavy atom. The Hall–Kier alpha value is -2.21. The van der Waals surface area contributed by atoms with Gasteiger partial charge in [0, 0.05) is 16.2 Å². The maximum Gasteiger partial charge on any atom is 0.211 e. The largest absolute Gasteiger partial charge is 0.369 e. The van der Waals surface area contributed by atoms with Crippen LogP contribution in [0, 0.1) is 0 Å². The summed E-state index contributed by atoms with van der Waals surface area (Å²) in [5.74, 6) is -0.0921. The molecule has 0 aliphatic rings. The molecule has 6 heteroatoms. The van der Waals surface area contributed by atoms with E-state index in [4.69, 9.17) is 11.5 Å². The average molecular weight is 318 g/mol. The molecule has 2 rings (SSSR count). The van der Waals surface area contributed by atoms with Crippen molar-refractivity contribution in [3.05, 3.63) is 64.4 Å². The molecule has 0 spiro atoms. The van der Waals surface area contributed by atoms with Crippen molar-refractivity contribution in [2.75, 3.05) is 0 Å². The Balaban J connectivity index is 2.49. The average Bonchev–Trinajstić information content (AvgIpc) is 2.42. The van der Waals surface area contributed by atoms with E-state index in [1.54, 1.807) is 6.20 Å². The van der Waals surface area contributed by atoms with Gasteiger partial charge in [0.25, 0.3) is 0 Å². The Labute approximate surface area is 119 Å². The van der Waals surface area contributed by atoms with Crippen LogP contribution in [0.2, 0.25) is 0 Å². The van der Waals surface area contributed by atoms with E-state index in [0.717, 1.165) is 10.0 Å². The number of hydrogen-bond acceptors (Lipinski definition) is 3. The second kappa shape index (κ2) is 6.10. The van der Waals surface area contributed by atoms with E-state index < -0.39 is 0 Å². The van der Waals surface area contributed by atoms with Gasteiger partial charge in [0.05, 0.1) is 5.69 Å². The van der Waals surface area contributed by atoms with Crippen molar-refractivity contribution in [1.29, 1.82) is 0 Å². The molecule has 0 atom stereocenters. The van der Waals surface area contributed by atoms with Crippen molar-refractivity contribution in [2.45, 2.75) is 0 Å². The van der Waals surface area contributed by atoms with E-state index >= 15 is 0 Å². The molecule has 1 aromatic carbocycles. The summed E-state index contributed by atoms with van der Waals surface area (Å²) in [6.07, 6.45) is 1.70. The summed E-state index contributed by atoms with van der Waals surface area (Å²) in [6.45, 7) is 0. The Morgan fingerprint density at radius 1 is 1.00 bits per heavy atom. The zero-order chi connectivity index (χ0) is 13.7. The lowest BCUT2D eigenvalue weighted by atomic mass is 10.1. The van der Waals surface area contributed by atoms with Gasteiger partial charge in [0.1, 0.15) is 5.71 Å². The molecular formula is C13H12BrN5. The standard InChI is InChI=1S/C13H12BrN5/c14-10-6-7-11(17-8-10)12(18-19-13(15)16)9-4-2-1-3-5-9/h1-8H,(H4,15,16,19)/b18-12-. The van der Waals surface area contributed by atoms with Gasteiger partial charge in [0.15, 0.2) is 0 Å². The fourth-order valence-electron chi connectivity index (χ4n) is 1.48. The van der Waals surface area contributed by atoms with Crippen molar-refractivity contribution >= 4 is 27.6 Å². The highest BCUT2D eigenvalue weighted by Crippen LogP contribution is 2.12. The van der Waals surface area contributed by atoms with Crippen LogP contribution < -0.4 is 11.5 Å². The predicted octanol–water partition coefficient (Wildman–Crippen LogP) is 1.87. The molecule has 0 aliphatic carbocycles. The van der Waals surface area contributed by atoms with Crippen LogP contribution in [0.4, 0.5) is 0 Å². The molecule has 0 fully saturated rings. The van der Waals surface area contributed by atoms with Crippen molar-refractivity contribution in [2.24, 2.45) is 21.7 Å². The number of rotatable bonds is 3. The van der Waals surface area contributed by atoms with Gasteiger partial charge in [-0.1, -0.05) is 30.3 Å². The SMILES string of the molecule is NC(N)=N/N=C(/c1ccccc1)c1ccc(Br)cn1. The van der Waals surface area contributed by atoms with Crippen molar-refractivity contribution in [3.63, 3.8) is 0 Å². The monoisotopic (exact) mass is 317 g/mol. The molecule has 1 aromatic heterocycles. The van der Waals surface area contributed by atoms with Gasteiger partial charge in [0.2, 0.25) is 5.96 Å². The second-order valence-corrected chi connectivity index (χ2v) is 4.62. The third kappa shape index (κ3) is 3.62. The molecule has 5 nitrogen and oxygen atoms in total. The zero-order valence-corrected chi connectivity index (χ0v) is 11.6. The number of nitrogens with zero attached hydrogens (tertiary/aromatic N) is 3. The molecule has 0 bridgehead atoms. The fourth-order valence-corrected chi connectivity index (χ4v) is 1.71. The van der Waals surface area contributed by atoms with Crippen LogP contribution in [0.3, 0.4) is 0 Å². The van der Waals surface area contributed by atoms with Gasteiger partial charge in [-0.3, -0.25) is 4.98 Å². The first-order valence-corrected chi connectivity index (χ1v) is 6.30. The van der Waals surface area contributed by atoms with Gasteiger partial charge >= 0.3 is 0 Å². The highest BCUT2D eigenvalue weighted by molar-refractivity contribution is 9.10. The molecule has 0 saturated heterocycles. The molecule has 4 N–H and O–H groups in total. The first kappa shape index (κ1) is 13.2. The van der Waals surface area contributed by atoms with E-state index in [2.05, 4.69) is 31.1 Å². The number of aromatic nitrogens is 1. The molecule has 0 amide bonds. The van der Waals surface area contributed by atoms with Gasteiger partial charge in [-0.25, -0.2) is 0 Å². The van der Waals surface area contributed by atoms with Crippen LogP contribution in [0.25, 0.3) is 0 Å². The van der Waals surface area contributed by atoms with Crippen molar-refractivity contribution < 1.29 is 0 Å². The normalized spacial score (nSPS) is 11.1. The summed E-state index contributed by atoms with van der Waals surface area (Å²) in [4.78, 5) is 4.30. The van der Waals surface area contributed by atoms with Gasteiger partial charge in [-0.05, 0) is 28.1 Å². The van der Waals surface area contributed by atoms with Crippen LogP contribution in [0.15, 0.2) is 63.3 Å². The van der Waals surface area contributed by atoms with Crippen LogP contribution in [-0.4, -0.2) is 16.7 Å². The van der Waals surface area contributed by atoms with Crippen LogP contribution in [0.1, 0.15) is 11.3 Å². The van der Waals surface area contributed by atoms with E-state index in [9.17, 15) is 0 Å². The third-order valence-corrected chi connectivity index (χ3v) is 2.75. The quantitative estimate of drug-likeness (QED) is 0.514. The molecule has 0 saturated carbocycles. The lowest BCUT2D eigenvalue weighted by molar-refractivity contribution is 1.18. The van der Waals surface area contributed by atoms with E-state index in [1.165, 1.54) is 0 Å². The summed E-state index contributed by atoms with van der Waals surface area (Å²) in [6, 6.07) is 13.3. The number of hydrogen-bond donors (Lipinski definition) is 2. The minimum Gasteiger partial charge on any atom is -0.369 e. The van der Waals surface area contributed by atoms with E-state index in [0.29, 0.717) is 11.4 Å². The lowest BCUT2D eigenvalue weighted by Crippen LogP contribution is -2.22. The molecule has 2 aromatic rings. The number of nitrogens with two attached hydrogens (primary N) is 2. The number of pyridine rings is 1. The lowest BCUT2D eigenvalue weighted by Gasteiger charge is -2.04. The van der Waals surface area contributed by atoms with Crippen LogP contribution >= 0.6 is 15.9 Å². The minimum absolute atomic E-state index is 0.0921. The summed E-state index contributed by atoms with van der Waals surface area (Å²) >= 11 is 3.34. The second-order valence-electron chi connectivity index (χ2n) is 3.70. The smallest absolute Gasteiger partial charge is 0.211 e. The van der Waals surface area contributed by atoms with Crippen LogP contribution in [0.5, 0.6) is 0 Å². The predicted molar refractivity (Wildman–Crippen MR) is 79.8 cm³/mol. The molecular weight excluding hydrogens is 306 g/mol. The van der Waals surface area contributed by atoms with Crippen molar-refractivity contribution in [1.82, 2.24) is 4.98 Å². The summed E-state index contributed by atoms with van der Waals surface area (Å²) in [7, 11) is 0. The fraction of sp³-hybridized carbons (Fsp3) is 0. The van der Waals surface area contributed by atoms with Gasteiger partial charge in [-0.2, -0.15) is 0 Å². The first-order chi connectivity index (χ1) is 9.16. The minimum atomic E-state index is -0.0921. The molecule has 19 heavy (non-hydrogen) atoms. The topological polar surface area (TPSA) is 89.7 Å². The number of halogens is 1. The number of guanidine groups is 1. The Morgan fingerprint density at radius 2 is 1.74 bits per heavy atom. The molecule has 0 radical (unpaired) electrons. The molecule has 0 unspecified atom stereocenters. The molecule has 0 aliphatic heterocycles. The van der Waals surface area contributed by atoms with E-state index in [-0.39, 0.29) is 5.96 Å². The molecule has 1 heterocycles. The Bertz CT molecular complexity index is 601. The summed E-state index contributed by atoms with van der Waals surface area (Å²) in [5.41, 5.74) is 12.8. The summed E-state index contributed by atoms with van der Waals surface area (Å²) < 4.78 is 0.894. The zero-order valence-electron chi connectivity index (χ0n) is 9.99. The third-order valence-electron chi connectivity index (χ3n) is 2.28. The van der Waals surface area contributed by atoms with Crippen molar-refractivity contribution in [3.8, 4) is 0 Å². The Kier molecular flexibility index (Phi) is 4.25. The first-order valence-electron chi connectivity index (χ1n) is 5.51. The maximum absolute atomic E-state index is 5.31. The van der Waals surface area contributed by atoms with Gasteiger partial charge in [-0.15, -0.1) is 10.2 Å². The maximum atomic E-state index is 5.31. The summed E-state index contributed by atoms with van der Waals surface area (Å²) in [5, 5.41) is 7.78.